The normalized spacial score (nSPS) is 10.8. The third-order valence-electron chi connectivity index (χ3n) is 6.39. The summed E-state index contributed by atoms with van der Waals surface area (Å²) >= 11 is 0. The molecule has 0 aliphatic heterocycles. The molecule has 0 spiro atoms. The Balaban J connectivity index is 1.57. The monoisotopic (exact) mass is 533 g/mol. The minimum absolute atomic E-state index is 0.0116. The van der Waals surface area contributed by atoms with Gasteiger partial charge in [0.05, 0.1) is 12.7 Å². The molecule has 1 amide bonds. The summed E-state index contributed by atoms with van der Waals surface area (Å²) in [4.78, 5) is 26.1. The molecular formula is C31H26F3NO4. The lowest BCUT2D eigenvalue weighted by Gasteiger charge is -2.24. The van der Waals surface area contributed by atoms with Crippen LogP contribution in [0.25, 0.3) is 11.1 Å². The number of nitrogens with zero attached hydrogens (tertiary/aromatic N) is 1. The van der Waals surface area contributed by atoms with E-state index in [0.717, 1.165) is 11.6 Å². The molecule has 0 radical (unpaired) electrons. The molecule has 1 N–H and O–H groups in total. The maximum atomic E-state index is 14.5. The van der Waals surface area contributed by atoms with E-state index < -0.39 is 34.9 Å². The zero-order valence-electron chi connectivity index (χ0n) is 21.2. The second-order valence-electron chi connectivity index (χ2n) is 8.94. The zero-order chi connectivity index (χ0) is 27.9. The Hall–Kier alpha value is -4.59. The largest absolute Gasteiger partial charge is 0.497 e. The maximum absolute atomic E-state index is 14.5. The van der Waals surface area contributed by atoms with E-state index in [1.54, 1.807) is 49.6 Å². The summed E-state index contributed by atoms with van der Waals surface area (Å²) in [5.41, 5.74) is 2.06. The van der Waals surface area contributed by atoms with Gasteiger partial charge in [0.1, 0.15) is 17.1 Å². The molecule has 0 bridgehead atoms. The number of ether oxygens (including phenoxy) is 1. The van der Waals surface area contributed by atoms with Crippen molar-refractivity contribution in [2.24, 2.45) is 0 Å². The summed E-state index contributed by atoms with van der Waals surface area (Å²) in [5.74, 6) is -5.27. The molecule has 4 rings (SSSR count). The lowest BCUT2D eigenvalue weighted by Crippen LogP contribution is -2.33. The Morgan fingerprint density at radius 1 is 0.821 bits per heavy atom. The van der Waals surface area contributed by atoms with Crippen molar-refractivity contribution in [1.82, 2.24) is 4.90 Å². The molecule has 39 heavy (non-hydrogen) atoms. The number of aromatic carboxylic acids is 1. The Morgan fingerprint density at radius 3 is 2.13 bits per heavy atom. The van der Waals surface area contributed by atoms with Crippen molar-refractivity contribution in [3.8, 4) is 16.9 Å². The third kappa shape index (κ3) is 6.46. The Bertz CT molecular complexity index is 1470. The molecule has 0 aliphatic carbocycles. The number of carboxylic acid groups (broad SMARTS) is 1. The molecule has 4 aromatic carbocycles. The van der Waals surface area contributed by atoms with Gasteiger partial charge >= 0.3 is 5.97 Å². The molecular weight excluding hydrogens is 507 g/mol. The SMILES string of the molecule is COc1ccc(CCCN(Cc2ccc(-c3ccccc3C(=O)O)cc2)C(=O)c2c(F)ccc(F)c2F)cc1. The summed E-state index contributed by atoms with van der Waals surface area (Å²) in [5, 5.41) is 9.49. The molecule has 5 nitrogen and oxygen atoms in total. The van der Waals surface area contributed by atoms with E-state index >= 15 is 0 Å². The summed E-state index contributed by atoms with van der Waals surface area (Å²) in [6.45, 7) is 0.168. The highest BCUT2D eigenvalue weighted by Crippen LogP contribution is 2.25. The highest BCUT2D eigenvalue weighted by Gasteiger charge is 2.26. The van der Waals surface area contributed by atoms with Crippen LogP contribution in [0.15, 0.2) is 84.9 Å². The number of rotatable bonds is 10. The van der Waals surface area contributed by atoms with E-state index in [0.29, 0.717) is 41.3 Å². The van der Waals surface area contributed by atoms with Gasteiger partial charge < -0.3 is 14.7 Å². The molecule has 0 heterocycles. The number of methoxy groups -OCH3 is 1. The highest BCUT2D eigenvalue weighted by molar-refractivity contribution is 5.96. The van der Waals surface area contributed by atoms with Gasteiger partial charge in [0, 0.05) is 13.1 Å². The summed E-state index contributed by atoms with van der Waals surface area (Å²) in [6, 6.07) is 22.3. The lowest BCUT2D eigenvalue weighted by atomic mass is 9.98. The van der Waals surface area contributed by atoms with Crippen molar-refractivity contribution < 1.29 is 32.6 Å². The number of hydrogen-bond donors (Lipinski definition) is 1. The molecule has 0 unspecified atom stereocenters. The molecule has 0 aliphatic rings. The molecule has 0 saturated heterocycles. The number of carboxylic acids is 1. The number of carbonyl (C=O) groups is 2. The average molecular weight is 534 g/mol. The summed E-state index contributed by atoms with van der Waals surface area (Å²) in [7, 11) is 1.57. The predicted octanol–water partition coefficient (Wildman–Crippen LogP) is 6.75. The fourth-order valence-electron chi connectivity index (χ4n) is 4.33. The number of carbonyl (C=O) groups excluding carboxylic acids is 1. The van der Waals surface area contributed by atoms with Crippen LogP contribution < -0.4 is 4.74 Å². The highest BCUT2D eigenvalue weighted by atomic mass is 19.2. The average Bonchev–Trinajstić information content (AvgIpc) is 2.95. The molecule has 0 fully saturated rings. The summed E-state index contributed by atoms with van der Waals surface area (Å²) < 4.78 is 48.0. The fraction of sp³-hybridized carbons (Fsp3) is 0.161. The van der Waals surface area contributed by atoms with Crippen molar-refractivity contribution in [3.05, 3.63) is 125 Å². The van der Waals surface area contributed by atoms with E-state index in [9.17, 15) is 27.9 Å². The van der Waals surface area contributed by atoms with Crippen LogP contribution >= 0.6 is 0 Å². The first kappa shape index (κ1) is 27.4. The number of benzene rings is 4. The number of halogens is 3. The molecule has 8 heteroatoms. The van der Waals surface area contributed by atoms with Gasteiger partial charge in [0.25, 0.3) is 5.91 Å². The quantitative estimate of drug-likeness (QED) is 0.229. The Kier molecular flexibility index (Phi) is 8.66. The van der Waals surface area contributed by atoms with Gasteiger partial charge in [0.15, 0.2) is 11.6 Å². The van der Waals surface area contributed by atoms with Crippen molar-refractivity contribution in [2.75, 3.05) is 13.7 Å². The van der Waals surface area contributed by atoms with Crippen LogP contribution in [0.3, 0.4) is 0 Å². The van der Waals surface area contributed by atoms with E-state index in [2.05, 4.69) is 0 Å². The Labute approximate surface area is 224 Å². The molecule has 0 aromatic heterocycles. The van der Waals surface area contributed by atoms with Crippen molar-refractivity contribution in [3.63, 3.8) is 0 Å². The number of amides is 1. The van der Waals surface area contributed by atoms with E-state index in [1.165, 1.54) is 11.0 Å². The van der Waals surface area contributed by atoms with Gasteiger partial charge in [-0.2, -0.15) is 0 Å². The predicted molar refractivity (Wildman–Crippen MR) is 141 cm³/mol. The van der Waals surface area contributed by atoms with Crippen LogP contribution in [-0.4, -0.2) is 35.5 Å². The second-order valence-corrected chi connectivity index (χ2v) is 8.94. The van der Waals surface area contributed by atoms with Gasteiger partial charge in [-0.25, -0.2) is 18.0 Å². The van der Waals surface area contributed by atoms with Crippen LogP contribution in [-0.2, 0) is 13.0 Å². The van der Waals surface area contributed by atoms with Crippen LogP contribution in [0, 0.1) is 17.5 Å². The first-order chi connectivity index (χ1) is 18.8. The van der Waals surface area contributed by atoms with Gasteiger partial charge in [-0.05, 0) is 65.4 Å². The van der Waals surface area contributed by atoms with Gasteiger partial charge in [-0.3, -0.25) is 4.79 Å². The van der Waals surface area contributed by atoms with Crippen LogP contribution in [0.1, 0.15) is 38.3 Å². The maximum Gasteiger partial charge on any atom is 0.336 e. The lowest BCUT2D eigenvalue weighted by molar-refractivity contribution is 0.0695. The van der Waals surface area contributed by atoms with Crippen LogP contribution in [0.5, 0.6) is 5.75 Å². The number of aryl methyl sites for hydroxylation is 1. The molecule has 4 aromatic rings. The number of hydrogen-bond acceptors (Lipinski definition) is 3. The Morgan fingerprint density at radius 2 is 1.46 bits per heavy atom. The van der Waals surface area contributed by atoms with Gasteiger partial charge in [0.2, 0.25) is 0 Å². The first-order valence-corrected chi connectivity index (χ1v) is 12.3. The van der Waals surface area contributed by atoms with Gasteiger partial charge in [-0.1, -0.05) is 54.6 Å². The standard InChI is InChI=1S/C31H26F3NO4/c1-39-23-14-10-20(11-15-23)5-4-18-35(30(36)28-26(32)16-17-27(33)29(28)34)19-21-8-12-22(13-9-21)24-6-2-3-7-25(24)31(37)38/h2-3,6-17H,4-5,18-19H2,1H3,(H,37,38). The first-order valence-electron chi connectivity index (χ1n) is 12.3. The topological polar surface area (TPSA) is 66.8 Å². The molecule has 0 saturated carbocycles. The van der Waals surface area contributed by atoms with Crippen LogP contribution in [0.4, 0.5) is 13.2 Å². The molecule has 0 atom stereocenters. The summed E-state index contributed by atoms with van der Waals surface area (Å²) in [6.07, 6.45) is 1.08. The smallest absolute Gasteiger partial charge is 0.336 e. The zero-order valence-corrected chi connectivity index (χ0v) is 21.2. The minimum atomic E-state index is -1.53. The van der Waals surface area contributed by atoms with Gasteiger partial charge in [-0.15, -0.1) is 0 Å². The molecule has 200 valence electrons. The minimum Gasteiger partial charge on any atom is -0.497 e. The van der Waals surface area contributed by atoms with Crippen LogP contribution in [0.2, 0.25) is 0 Å². The van der Waals surface area contributed by atoms with Crippen molar-refractivity contribution in [2.45, 2.75) is 19.4 Å². The van der Waals surface area contributed by atoms with E-state index in [-0.39, 0.29) is 18.7 Å². The van der Waals surface area contributed by atoms with E-state index in [4.69, 9.17) is 4.74 Å². The van der Waals surface area contributed by atoms with Crippen molar-refractivity contribution >= 4 is 11.9 Å². The second kappa shape index (κ2) is 12.3. The van der Waals surface area contributed by atoms with Crippen molar-refractivity contribution in [1.29, 1.82) is 0 Å². The third-order valence-corrected chi connectivity index (χ3v) is 6.39. The fourth-order valence-corrected chi connectivity index (χ4v) is 4.33. The van der Waals surface area contributed by atoms with E-state index in [1.807, 2.05) is 24.3 Å².